The second-order valence-corrected chi connectivity index (χ2v) is 6.21. The molecule has 2 N–H and O–H groups in total. The molecule has 0 radical (unpaired) electrons. The van der Waals surface area contributed by atoms with Crippen LogP contribution in [0.25, 0.3) is 11.3 Å². The average Bonchev–Trinajstić information content (AvgIpc) is 3.06. The minimum Gasteiger partial charge on any atom is -0.459 e. The van der Waals surface area contributed by atoms with Gasteiger partial charge in [0, 0.05) is 16.8 Å². The van der Waals surface area contributed by atoms with Crippen molar-refractivity contribution in [2.75, 3.05) is 5.32 Å². The lowest BCUT2D eigenvalue weighted by molar-refractivity contribution is 0.102. The number of benzene rings is 2. The molecule has 0 aliphatic heterocycles. The number of hydrogen-bond donors (Lipinski definition) is 2. The number of amides is 1. The van der Waals surface area contributed by atoms with Crippen LogP contribution in [0.4, 0.5) is 5.69 Å². The molecule has 0 saturated heterocycles. The van der Waals surface area contributed by atoms with E-state index in [1.165, 1.54) is 0 Å². The molecular weight excluding hydrogens is 314 g/mol. The third kappa shape index (κ3) is 3.64. The van der Waals surface area contributed by atoms with Gasteiger partial charge >= 0.3 is 0 Å². The van der Waals surface area contributed by atoms with Crippen LogP contribution in [0.15, 0.2) is 52.9 Å². The van der Waals surface area contributed by atoms with Gasteiger partial charge in [-0.2, -0.15) is 0 Å². The van der Waals surface area contributed by atoms with E-state index in [1.54, 1.807) is 6.07 Å². The Bertz CT molecular complexity index is 925. The molecule has 3 rings (SSSR count). The van der Waals surface area contributed by atoms with Crippen LogP contribution in [0, 0.1) is 20.8 Å². The summed E-state index contributed by atoms with van der Waals surface area (Å²) < 4.78 is 5.58. The number of aryl methyl sites for hydroxylation is 3. The first-order valence-corrected chi connectivity index (χ1v) is 8.17. The van der Waals surface area contributed by atoms with Gasteiger partial charge in [0.15, 0.2) is 0 Å². The number of rotatable bonds is 4. The van der Waals surface area contributed by atoms with E-state index in [2.05, 4.69) is 5.32 Å². The molecule has 0 unspecified atom stereocenters. The van der Waals surface area contributed by atoms with Crippen molar-refractivity contribution < 1.29 is 14.3 Å². The number of anilines is 1. The SMILES string of the molecule is Cc1ccc(C(=O)Nc2ccc(-c3ccc(CO)o3)c(C)c2)cc1C. The maximum Gasteiger partial charge on any atom is 0.255 e. The molecule has 0 bridgehead atoms. The highest BCUT2D eigenvalue weighted by Gasteiger charge is 2.11. The van der Waals surface area contributed by atoms with Gasteiger partial charge in [-0.15, -0.1) is 0 Å². The Morgan fingerprint density at radius 2 is 1.76 bits per heavy atom. The fraction of sp³-hybridized carbons (Fsp3) is 0.190. The smallest absolute Gasteiger partial charge is 0.255 e. The van der Waals surface area contributed by atoms with Crippen molar-refractivity contribution in [3.63, 3.8) is 0 Å². The summed E-state index contributed by atoms with van der Waals surface area (Å²) in [5.41, 5.74) is 5.55. The monoisotopic (exact) mass is 335 g/mol. The molecule has 0 saturated carbocycles. The summed E-state index contributed by atoms with van der Waals surface area (Å²) in [6, 6.07) is 14.9. The van der Waals surface area contributed by atoms with E-state index in [0.29, 0.717) is 17.1 Å². The van der Waals surface area contributed by atoms with Crippen LogP contribution >= 0.6 is 0 Å². The summed E-state index contributed by atoms with van der Waals surface area (Å²) in [4.78, 5) is 12.4. The van der Waals surface area contributed by atoms with Crippen molar-refractivity contribution in [2.45, 2.75) is 27.4 Å². The first-order chi connectivity index (χ1) is 12.0. The van der Waals surface area contributed by atoms with E-state index in [0.717, 1.165) is 27.9 Å². The van der Waals surface area contributed by atoms with Gasteiger partial charge in [0.2, 0.25) is 0 Å². The van der Waals surface area contributed by atoms with Gasteiger partial charge in [-0.25, -0.2) is 0 Å². The highest BCUT2D eigenvalue weighted by atomic mass is 16.4. The first-order valence-electron chi connectivity index (χ1n) is 8.17. The summed E-state index contributed by atoms with van der Waals surface area (Å²) in [5.74, 6) is 1.10. The number of carbonyl (C=O) groups is 1. The molecule has 3 aromatic rings. The number of nitrogens with one attached hydrogen (secondary N) is 1. The molecule has 0 atom stereocenters. The molecule has 0 spiro atoms. The molecule has 25 heavy (non-hydrogen) atoms. The number of aliphatic hydroxyl groups is 1. The van der Waals surface area contributed by atoms with Crippen LogP contribution in [0.1, 0.15) is 32.8 Å². The summed E-state index contributed by atoms with van der Waals surface area (Å²) in [5, 5.41) is 12.0. The normalized spacial score (nSPS) is 10.7. The van der Waals surface area contributed by atoms with Gasteiger partial charge in [0.05, 0.1) is 0 Å². The van der Waals surface area contributed by atoms with Gasteiger partial charge < -0.3 is 14.8 Å². The van der Waals surface area contributed by atoms with E-state index >= 15 is 0 Å². The average molecular weight is 335 g/mol. The summed E-state index contributed by atoms with van der Waals surface area (Å²) in [6.45, 7) is 5.86. The second-order valence-electron chi connectivity index (χ2n) is 6.21. The summed E-state index contributed by atoms with van der Waals surface area (Å²) in [6.07, 6.45) is 0. The van der Waals surface area contributed by atoms with Crippen LogP contribution in [0.5, 0.6) is 0 Å². The molecule has 4 heteroatoms. The van der Waals surface area contributed by atoms with Crippen molar-refractivity contribution in [3.8, 4) is 11.3 Å². The number of furan rings is 1. The molecule has 1 amide bonds. The third-order valence-corrected chi connectivity index (χ3v) is 4.34. The van der Waals surface area contributed by atoms with E-state index < -0.39 is 0 Å². The maximum atomic E-state index is 12.4. The second kappa shape index (κ2) is 6.95. The van der Waals surface area contributed by atoms with Gasteiger partial charge in [-0.1, -0.05) is 6.07 Å². The lowest BCUT2D eigenvalue weighted by Gasteiger charge is -2.10. The fourth-order valence-corrected chi connectivity index (χ4v) is 2.71. The standard InChI is InChI=1S/C21H21NO3/c1-13-4-5-16(10-14(13)2)21(24)22-17-6-8-19(15(3)11-17)20-9-7-18(12-23)25-20/h4-11,23H,12H2,1-3H3,(H,22,24). The minimum absolute atomic E-state index is 0.122. The molecule has 0 fully saturated rings. The number of hydrogen-bond acceptors (Lipinski definition) is 3. The van der Waals surface area contributed by atoms with Crippen molar-refractivity contribution >= 4 is 11.6 Å². The zero-order valence-corrected chi connectivity index (χ0v) is 14.6. The van der Waals surface area contributed by atoms with Crippen molar-refractivity contribution in [1.29, 1.82) is 0 Å². The van der Waals surface area contributed by atoms with Crippen LogP contribution in [0.2, 0.25) is 0 Å². The molecule has 4 nitrogen and oxygen atoms in total. The van der Waals surface area contributed by atoms with Gasteiger partial charge in [0.25, 0.3) is 5.91 Å². The van der Waals surface area contributed by atoms with E-state index in [9.17, 15) is 4.79 Å². The zero-order chi connectivity index (χ0) is 18.0. The molecular formula is C21H21NO3. The molecule has 2 aromatic carbocycles. The zero-order valence-electron chi connectivity index (χ0n) is 14.6. The highest BCUT2D eigenvalue weighted by molar-refractivity contribution is 6.04. The topological polar surface area (TPSA) is 62.5 Å². The van der Waals surface area contributed by atoms with Crippen molar-refractivity contribution in [3.05, 3.63) is 76.5 Å². The Balaban J connectivity index is 1.80. The van der Waals surface area contributed by atoms with Crippen LogP contribution in [0.3, 0.4) is 0 Å². The quantitative estimate of drug-likeness (QED) is 0.731. The van der Waals surface area contributed by atoms with Crippen molar-refractivity contribution in [1.82, 2.24) is 0 Å². The first kappa shape index (κ1) is 17.0. The Morgan fingerprint density at radius 1 is 0.960 bits per heavy atom. The lowest BCUT2D eigenvalue weighted by atomic mass is 10.0. The van der Waals surface area contributed by atoms with Crippen LogP contribution in [-0.4, -0.2) is 11.0 Å². The molecule has 128 valence electrons. The van der Waals surface area contributed by atoms with Crippen LogP contribution < -0.4 is 5.32 Å². The number of aliphatic hydroxyl groups excluding tert-OH is 1. The van der Waals surface area contributed by atoms with Gasteiger partial charge in [0.1, 0.15) is 18.1 Å². The Kier molecular flexibility index (Phi) is 4.72. The Hall–Kier alpha value is -2.85. The summed E-state index contributed by atoms with van der Waals surface area (Å²) in [7, 11) is 0. The van der Waals surface area contributed by atoms with E-state index in [1.807, 2.05) is 63.2 Å². The minimum atomic E-state index is -0.129. The number of carbonyl (C=O) groups excluding carboxylic acids is 1. The Morgan fingerprint density at radius 3 is 2.40 bits per heavy atom. The molecule has 0 aliphatic rings. The molecule has 1 aromatic heterocycles. The van der Waals surface area contributed by atoms with Gasteiger partial charge in [-0.05, 0) is 79.9 Å². The van der Waals surface area contributed by atoms with E-state index in [-0.39, 0.29) is 12.5 Å². The highest BCUT2D eigenvalue weighted by Crippen LogP contribution is 2.28. The largest absolute Gasteiger partial charge is 0.459 e. The van der Waals surface area contributed by atoms with Crippen LogP contribution in [-0.2, 0) is 6.61 Å². The fourth-order valence-electron chi connectivity index (χ4n) is 2.71. The predicted octanol–water partition coefficient (Wildman–Crippen LogP) is 4.62. The van der Waals surface area contributed by atoms with Gasteiger partial charge in [-0.3, -0.25) is 4.79 Å². The Labute approximate surface area is 147 Å². The molecule has 1 heterocycles. The lowest BCUT2D eigenvalue weighted by Crippen LogP contribution is -2.12. The van der Waals surface area contributed by atoms with Crippen molar-refractivity contribution in [2.24, 2.45) is 0 Å². The third-order valence-electron chi connectivity index (χ3n) is 4.34. The summed E-state index contributed by atoms with van der Waals surface area (Å²) >= 11 is 0. The van der Waals surface area contributed by atoms with E-state index in [4.69, 9.17) is 9.52 Å². The molecule has 0 aliphatic carbocycles. The maximum absolute atomic E-state index is 12.4. The predicted molar refractivity (Wildman–Crippen MR) is 98.7 cm³/mol.